The zero-order valence-electron chi connectivity index (χ0n) is 15.7. The first-order valence-corrected chi connectivity index (χ1v) is 8.88. The Morgan fingerprint density at radius 3 is 2.56 bits per heavy atom. The summed E-state index contributed by atoms with van der Waals surface area (Å²) in [5.41, 5.74) is 3.32. The van der Waals surface area contributed by atoms with E-state index < -0.39 is 0 Å². The quantitative estimate of drug-likeness (QED) is 0.635. The van der Waals surface area contributed by atoms with E-state index >= 15 is 0 Å². The molecule has 1 aromatic heterocycles. The van der Waals surface area contributed by atoms with Crippen LogP contribution >= 0.6 is 0 Å². The van der Waals surface area contributed by atoms with Gasteiger partial charge < -0.3 is 15.4 Å². The summed E-state index contributed by atoms with van der Waals surface area (Å²) in [4.78, 5) is 16.6. The topological polar surface area (TPSA) is 63.2 Å². The van der Waals surface area contributed by atoms with E-state index in [1.54, 1.807) is 18.3 Å². The highest BCUT2D eigenvalue weighted by Crippen LogP contribution is 2.28. The summed E-state index contributed by atoms with van der Waals surface area (Å²) in [5, 5.41) is 6.11. The van der Waals surface area contributed by atoms with Crippen molar-refractivity contribution in [2.45, 2.75) is 26.9 Å². The van der Waals surface area contributed by atoms with Crippen LogP contribution in [0.1, 0.15) is 29.8 Å². The molecular weight excluding hydrogens is 338 g/mol. The van der Waals surface area contributed by atoms with E-state index in [2.05, 4.69) is 15.6 Å². The highest BCUT2D eigenvalue weighted by Gasteiger charge is 2.08. The highest BCUT2D eigenvalue weighted by molar-refractivity contribution is 6.03. The lowest BCUT2D eigenvalue weighted by Gasteiger charge is -2.15. The maximum absolute atomic E-state index is 12.3. The van der Waals surface area contributed by atoms with Gasteiger partial charge in [0, 0.05) is 5.56 Å². The molecule has 5 heteroatoms. The average molecular weight is 361 g/mol. The van der Waals surface area contributed by atoms with Gasteiger partial charge in [-0.15, -0.1) is 0 Å². The van der Waals surface area contributed by atoms with Crippen LogP contribution in [-0.2, 0) is 0 Å². The molecule has 0 aliphatic carbocycles. The van der Waals surface area contributed by atoms with Crippen LogP contribution in [0.3, 0.4) is 0 Å². The predicted octanol–water partition coefficient (Wildman–Crippen LogP) is 5.17. The normalized spacial score (nSPS) is 10.5. The van der Waals surface area contributed by atoms with E-state index in [-0.39, 0.29) is 12.0 Å². The Morgan fingerprint density at radius 2 is 1.85 bits per heavy atom. The monoisotopic (exact) mass is 361 g/mol. The molecule has 138 valence electrons. The number of para-hydroxylation sites is 2. The first-order valence-electron chi connectivity index (χ1n) is 8.88. The standard InChI is InChI=1S/C22H23N3O2/c1-15(2)27-20-10-5-4-9-19(20)24-18-11-12-21(23-14-18)25-22(26)17-8-6-7-16(3)13-17/h4-15,24H,1-3H3,(H,23,25,26). The van der Waals surface area contributed by atoms with Crippen molar-refractivity contribution in [3.63, 3.8) is 0 Å². The van der Waals surface area contributed by atoms with E-state index in [4.69, 9.17) is 4.74 Å². The van der Waals surface area contributed by atoms with E-state index in [9.17, 15) is 4.79 Å². The van der Waals surface area contributed by atoms with E-state index in [0.29, 0.717) is 11.4 Å². The number of carbonyl (C=O) groups is 1. The maximum Gasteiger partial charge on any atom is 0.256 e. The Balaban J connectivity index is 1.68. The van der Waals surface area contributed by atoms with E-state index in [1.807, 2.05) is 69.3 Å². The number of pyridine rings is 1. The zero-order chi connectivity index (χ0) is 19.2. The number of hydrogen-bond acceptors (Lipinski definition) is 4. The second kappa shape index (κ2) is 8.36. The van der Waals surface area contributed by atoms with Gasteiger partial charge in [0.2, 0.25) is 0 Å². The maximum atomic E-state index is 12.3. The van der Waals surface area contributed by atoms with Gasteiger partial charge in [-0.1, -0.05) is 29.8 Å². The van der Waals surface area contributed by atoms with Crippen molar-refractivity contribution in [1.29, 1.82) is 0 Å². The number of anilines is 3. The number of ether oxygens (including phenoxy) is 1. The molecule has 2 N–H and O–H groups in total. The number of hydrogen-bond donors (Lipinski definition) is 2. The van der Waals surface area contributed by atoms with Crippen LogP contribution in [0.25, 0.3) is 0 Å². The van der Waals surface area contributed by atoms with Crippen molar-refractivity contribution < 1.29 is 9.53 Å². The van der Waals surface area contributed by atoms with Crippen LogP contribution in [0.2, 0.25) is 0 Å². The van der Waals surface area contributed by atoms with Crippen LogP contribution in [0, 0.1) is 6.92 Å². The first-order chi connectivity index (χ1) is 13.0. The summed E-state index contributed by atoms with van der Waals surface area (Å²) in [5.74, 6) is 1.10. The molecule has 1 heterocycles. The lowest BCUT2D eigenvalue weighted by atomic mass is 10.1. The van der Waals surface area contributed by atoms with Crippen molar-refractivity contribution in [1.82, 2.24) is 4.98 Å². The Morgan fingerprint density at radius 1 is 1.04 bits per heavy atom. The summed E-state index contributed by atoms with van der Waals surface area (Å²) < 4.78 is 5.81. The molecule has 0 unspecified atom stereocenters. The first kappa shape index (κ1) is 18.5. The van der Waals surface area contributed by atoms with Crippen LogP contribution in [0.15, 0.2) is 66.9 Å². The van der Waals surface area contributed by atoms with Gasteiger partial charge in [0.05, 0.1) is 23.7 Å². The molecule has 0 radical (unpaired) electrons. The van der Waals surface area contributed by atoms with Crippen molar-refractivity contribution in [2.75, 3.05) is 10.6 Å². The molecule has 5 nitrogen and oxygen atoms in total. The van der Waals surface area contributed by atoms with E-state index in [1.165, 1.54) is 0 Å². The molecule has 0 spiro atoms. The van der Waals surface area contributed by atoms with Gasteiger partial charge in [0.1, 0.15) is 11.6 Å². The van der Waals surface area contributed by atoms with Gasteiger partial charge in [-0.2, -0.15) is 0 Å². The third-order valence-electron chi connectivity index (χ3n) is 3.81. The molecule has 0 aliphatic rings. The molecule has 0 saturated carbocycles. The summed E-state index contributed by atoms with van der Waals surface area (Å²) in [6, 6.07) is 18.8. The summed E-state index contributed by atoms with van der Waals surface area (Å²) in [6.45, 7) is 5.93. The molecular formula is C22H23N3O2. The highest BCUT2D eigenvalue weighted by atomic mass is 16.5. The Bertz CT molecular complexity index is 921. The number of amides is 1. The van der Waals surface area contributed by atoms with Gasteiger partial charge in [-0.3, -0.25) is 4.79 Å². The van der Waals surface area contributed by atoms with Crippen LogP contribution in [0.4, 0.5) is 17.2 Å². The minimum atomic E-state index is -0.178. The molecule has 0 bridgehead atoms. The smallest absolute Gasteiger partial charge is 0.256 e. The van der Waals surface area contributed by atoms with Gasteiger partial charge in [-0.25, -0.2) is 4.98 Å². The molecule has 0 atom stereocenters. The third kappa shape index (κ3) is 5.07. The molecule has 0 fully saturated rings. The number of aromatic nitrogens is 1. The second-order valence-electron chi connectivity index (χ2n) is 6.54. The van der Waals surface area contributed by atoms with Gasteiger partial charge in [0.15, 0.2) is 0 Å². The van der Waals surface area contributed by atoms with Gasteiger partial charge in [-0.05, 0) is 57.2 Å². The lowest BCUT2D eigenvalue weighted by Crippen LogP contribution is -2.13. The second-order valence-corrected chi connectivity index (χ2v) is 6.54. The molecule has 27 heavy (non-hydrogen) atoms. The SMILES string of the molecule is Cc1cccc(C(=O)Nc2ccc(Nc3ccccc3OC(C)C)cn2)c1. The number of benzene rings is 2. The van der Waals surface area contributed by atoms with Crippen molar-refractivity contribution in [3.05, 3.63) is 78.0 Å². The number of nitrogens with one attached hydrogen (secondary N) is 2. The van der Waals surface area contributed by atoms with Crippen LogP contribution < -0.4 is 15.4 Å². The van der Waals surface area contributed by atoms with Gasteiger partial charge >= 0.3 is 0 Å². The average Bonchev–Trinajstić information content (AvgIpc) is 2.64. The fraction of sp³-hybridized carbons (Fsp3) is 0.182. The Labute approximate surface area is 159 Å². The largest absolute Gasteiger partial charge is 0.489 e. The Kier molecular flexibility index (Phi) is 5.71. The molecule has 0 saturated heterocycles. The fourth-order valence-electron chi connectivity index (χ4n) is 2.60. The summed E-state index contributed by atoms with van der Waals surface area (Å²) >= 11 is 0. The summed E-state index contributed by atoms with van der Waals surface area (Å²) in [7, 11) is 0. The van der Waals surface area contributed by atoms with Gasteiger partial charge in [0.25, 0.3) is 5.91 Å². The Hall–Kier alpha value is -3.34. The predicted molar refractivity (Wildman–Crippen MR) is 109 cm³/mol. The van der Waals surface area contributed by atoms with Crippen molar-refractivity contribution in [3.8, 4) is 5.75 Å². The van der Waals surface area contributed by atoms with Crippen LogP contribution in [-0.4, -0.2) is 17.0 Å². The number of carbonyl (C=O) groups excluding carboxylic acids is 1. The molecule has 1 amide bonds. The van der Waals surface area contributed by atoms with Crippen molar-refractivity contribution in [2.24, 2.45) is 0 Å². The minimum absolute atomic E-state index is 0.0882. The molecule has 3 rings (SSSR count). The van der Waals surface area contributed by atoms with Crippen molar-refractivity contribution >= 4 is 23.1 Å². The summed E-state index contributed by atoms with van der Waals surface area (Å²) in [6.07, 6.45) is 1.77. The fourth-order valence-corrected chi connectivity index (χ4v) is 2.60. The van der Waals surface area contributed by atoms with Crippen LogP contribution in [0.5, 0.6) is 5.75 Å². The third-order valence-corrected chi connectivity index (χ3v) is 3.81. The minimum Gasteiger partial charge on any atom is -0.489 e. The number of aryl methyl sites for hydroxylation is 1. The molecule has 3 aromatic rings. The zero-order valence-corrected chi connectivity index (χ0v) is 15.7. The number of rotatable bonds is 6. The molecule has 2 aromatic carbocycles. The number of nitrogens with zero attached hydrogens (tertiary/aromatic N) is 1. The molecule has 0 aliphatic heterocycles. The lowest BCUT2D eigenvalue weighted by molar-refractivity contribution is 0.102. The van der Waals surface area contributed by atoms with E-state index in [0.717, 1.165) is 22.7 Å².